The van der Waals surface area contributed by atoms with Gasteiger partial charge in [-0.1, -0.05) is 6.07 Å². The van der Waals surface area contributed by atoms with Crippen molar-refractivity contribution in [3.05, 3.63) is 24.3 Å². The smallest absolute Gasteiger partial charge is 0.227 e. The van der Waals surface area contributed by atoms with Crippen molar-refractivity contribution in [2.45, 2.75) is 6.42 Å². The van der Waals surface area contributed by atoms with Crippen LogP contribution in [-0.4, -0.2) is 26.1 Å². The van der Waals surface area contributed by atoms with E-state index in [4.69, 9.17) is 10.5 Å². The highest BCUT2D eigenvalue weighted by atomic mass is 16.5. The summed E-state index contributed by atoms with van der Waals surface area (Å²) in [6.07, 6.45) is 0.549. The second kappa shape index (κ2) is 4.53. The van der Waals surface area contributed by atoms with Crippen LogP contribution >= 0.6 is 0 Å². The molecule has 1 atom stereocenters. The predicted molar refractivity (Wildman–Crippen MR) is 62.5 cm³/mol. The van der Waals surface area contributed by atoms with Crippen molar-refractivity contribution in [2.75, 3.05) is 25.1 Å². The molecule has 2 N–H and O–H groups in total. The van der Waals surface area contributed by atoms with Crippen LogP contribution in [0, 0.1) is 5.92 Å². The lowest BCUT2D eigenvalue weighted by atomic mass is 10.1. The molecule has 1 aliphatic rings. The van der Waals surface area contributed by atoms with E-state index in [-0.39, 0.29) is 11.8 Å². The van der Waals surface area contributed by atoms with Crippen molar-refractivity contribution in [2.24, 2.45) is 11.7 Å². The molecular formula is C12H16N2O2. The molecule has 0 saturated carbocycles. The van der Waals surface area contributed by atoms with Gasteiger partial charge in [0.25, 0.3) is 0 Å². The molecule has 0 radical (unpaired) electrons. The van der Waals surface area contributed by atoms with Gasteiger partial charge in [0.1, 0.15) is 5.75 Å². The summed E-state index contributed by atoms with van der Waals surface area (Å²) in [6, 6.07) is 7.54. The number of hydrogen-bond donors (Lipinski definition) is 1. The number of rotatable bonds is 3. The third-order valence-corrected chi connectivity index (χ3v) is 2.90. The number of carbonyl (C=O) groups excluding carboxylic acids is 1. The van der Waals surface area contributed by atoms with E-state index in [1.807, 2.05) is 24.3 Å². The van der Waals surface area contributed by atoms with Crippen LogP contribution in [0.5, 0.6) is 5.75 Å². The molecule has 1 fully saturated rings. The molecule has 1 aliphatic heterocycles. The topological polar surface area (TPSA) is 55.6 Å². The zero-order chi connectivity index (χ0) is 11.5. The standard InChI is InChI=1S/C12H16N2O2/c1-16-11-4-2-3-10(6-11)14-8-9(7-13)5-12(14)15/h2-4,6,9H,5,7-8,13H2,1H3. The molecule has 86 valence electrons. The minimum Gasteiger partial charge on any atom is -0.497 e. The second-order valence-corrected chi connectivity index (χ2v) is 4.01. The lowest BCUT2D eigenvalue weighted by molar-refractivity contribution is -0.117. The first kappa shape index (κ1) is 11.0. The van der Waals surface area contributed by atoms with Gasteiger partial charge in [0.2, 0.25) is 5.91 Å². The Morgan fingerprint density at radius 3 is 3.00 bits per heavy atom. The SMILES string of the molecule is COc1cccc(N2CC(CN)CC2=O)c1. The Kier molecular flexibility index (Phi) is 3.10. The minimum absolute atomic E-state index is 0.142. The zero-order valence-corrected chi connectivity index (χ0v) is 9.35. The van der Waals surface area contributed by atoms with E-state index < -0.39 is 0 Å². The molecule has 0 bridgehead atoms. The Bertz CT molecular complexity index is 392. The first-order valence-corrected chi connectivity index (χ1v) is 5.39. The number of carbonyl (C=O) groups is 1. The molecule has 0 aromatic heterocycles. The lowest BCUT2D eigenvalue weighted by Gasteiger charge is -2.17. The van der Waals surface area contributed by atoms with Crippen LogP contribution in [0.1, 0.15) is 6.42 Å². The quantitative estimate of drug-likeness (QED) is 0.827. The predicted octanol–water partition coefficient (Wildman–Crippen LogP) is 1.01. The molecule has 16 heavy (non-hydrogen) atoms. The average Bonchev–Trinajstić information content (AvgIpc) is 2.71. The van der Waals surface area contributed by atoms with E-state index in [2.05, 4.69) is 0 Å². The van der Waals surface area contributed by atoms with Gasteiger partial charge >= 0.3 is 0 Å². The van der Waals surface area contributed by atoms with Gasteiger partial charge in [0.15, 0.2) is 0 Å². The Balaban J connectivity index is 2.20. The molecule has 1 aromatic rings. The molecule has 1 amide bonds. The van der Waals surface area contributed by atoms with E-state index in [1.165, 1.54) is 0 Å². The molecule has 4 heteroatoms. The van der Waals surface area contributed by atoms with E-state index in [0.29, 0.717) is 19.5 Å². The summed E-state index contributed by atoms with van der Waals surface area (Å²) in [5, 5.41) is 0. The van der Waals surface area contributed by atoms with E-state index in [1.54, 1.807) is 12.0 Å². The summed E-state index contributed by atoms with van der Waals surface area (Å²) in [5.74, 6) is 1.18. The van der Waals surface area contributed by atoms with Crippen LogP contribution in [0.15, 0.2) is 24.3 Å². The van der Waals surface area contributed by atoms with Gasteiger partial charge in [-0.3, -0.25) is 4.79 Å². The monoisotopic (exact) mass is 220 g/mol. The highest BCUT2D eigenvalue weighted by Crippen LogP contribution is 2.27. The van der Waals surface area contributed by atoms with Gasteiger partial charge in [0, 0.05) is 24.7 Å². The summed E-state index contributed by atoms with van der Waals surface area (Å²) in [6.45, 7) is 1.27. The Hall–Kier alpha value is -1.55. The van der Waals surface area contributed by atoms with Crippen molar-refractivity contribution < 1.29 is 9.53 Å². The summed E-state index contributed by atoms with van der Waals surface area (Å²) in [7, 11) is 1.62. The Morgan fingerprint density at radius 1 is 1.56 bits per heavy atom. The highest BCUT2D eigenvalue weighted by molar-refractivity contribution is 5.95. The Labute approximate surface area is 95.0 Å². The van der Waals surface area contributed by atoms with Crippen LogP contribution in [0.25, 0.3) is 0 Å². The summed E-state index contributed by atoms with van der Waals surface area (Å²) in [4.78, 5) is 13.6. The number of nitrogens with zero attached hydrogens (tertiary/aromatic N) is 1. The van der Waals surface area contributed by atoms with Crippen molar-refractivity contribution in [3.63, 3.8) is 0 Å². The maximum Gasteiger partial charge on any atom is 0.227 e. The number of benzene rings is 1. The third-order valence-electron chi connectivity index (χ3n) is 2.90. The molecule has 0 aliphatic carbocycles. The van der Waals surface area contributed by atoms with E-state index in [0.717, 1.165) is 11.4 Å². The Morgan fingerprint density at radius 2 is 2.38 bits per heavy atom. The minimum atomic E-state index is 0.142. The van der Waals surface area contributed by atoms with Crippen LogP contribution in [0.4, 0.5) is 5.69 Å². The second-order valence-electron chi connectivity index (χ2n) is 4.01. The fraction of sp³-hybridized carbons (Fsp3) is 0.417. The zero-order valence-electron chi connectivity index (χ0n) is 9.35. The van der Waals surface area contributed by atoms with Gasteiger partial charge in [0.05, 0.1) is 7.11 Å². The molecule has 1 heterocycles. The fourth-order valence-corrected chi connectivity index (χ4v) is 1.97. The number of anilines is 1. The van der Waals surface area contributed by atoms with Crippen LogP contribution in [0.3, 0.4) is 0 Å². The number of methoxy groups -OCH3 is 1. The number of hydrogen-bond acceptors (Lipinski definition) is 3. The van der Waals surface area contributed by atoms with Gasteiger partial charge in [-0.2, -0.15) is 0 Å². The number of nitrogens with two attached hydrogens (primary N) is 1. The maximum atomic E-state index is 11.8. The van der Waals surface area contributed by atoms with Gasteiger partial charge < -0.3 is 15.4 Å². The molecule has 1 unspecified atom stereocenters. The van der Waals surface area contributed by atoms with Crippen molar-refractivity contribution in [1.29, 1.82) is 0 Å². The van der Waals surface area contributed by atoms with E-state index in [9.17, 15) is 4.79 Å². The van der Waals surface area contributed by atoms with Crippen molar-refractivity contribution >= 4 is 11.6 Å². The summed E-state index contributed by atoms with van der Waals surface area (Å²) in [5.41, 5.74) is 6.48. The molecule has 1 aromatic carbocycles. The largest absolute Gasteiger partial charge is 0.497 e. The van der Waals surface area contributed by atoms with Gasteiger partial charge in [-0.05, 0) is 24.6 Å². The van der Waals surface area contributed by atoms with Crippen LogP contribution in [-0.2, 0) is 4.79 Å². The lowest BCUT2D eigenvalue weighted by Crippen LogP contribution is -2.25. The van der Waals surface area contributed by atoms with Crippen LogP contribution in [0.2, 0.25) is 0 Å². The molecule has 2 rings (SSSR count). The maximum absolute atomic E-state index is 11.8. The molecule has 1 saturated heterocycles. The fourth-order valence-electron chi connectivity index (χ4n) is 1.97. The first-order valence-electron chi connectivity index (χ1n) is 5.39. The summed E-state index contributed by atoms with van der Waals surface area (Å²) < 4.78 is 5.14. The highest BCUT2D eigenvalue weighted by Gasteiger charge is 2.29. The van der Waals surface area contributed by atoms with E-state index >= 15 is 0 Å². The normalized spacial score (nSPS) is 20.2. The van der Waals surface area contributed by atoms with Crippen LogP contribution < -0.4 is 15.4 Å². The first-order chi connectivity index (χ1) is 7.74. The molecule has 4 nitrogen and oxygen atoms in total. The van der Waals surface area contributed by atoms with Gasteiger partial charge in [-0.15, -0.1) is 0 Å². The van der Waals surface area contributed by atoms with Crippen molar-refractivity contribution in [3.8, 4) is 5.75 Å². The number of amides is 1. The summed E-state index contributed by atoms with van der Waals surface area (Å²) >= 11 is 0. The molecule has 0 spiro atoms. The number of ether oxygens (including phenoxy) is 1. The molecular weight excluding hydrogens is 204 g/mol. The average molecular weight is 220 g/mol. The third kappa shape index (κ3) is 2.02. The van der Waals surface area contributed by atoms with Gasteiger partial charge in [-0.25, -0.2) is 0 Å². The van der Waals surface area contributed by atoms with Crippen molar-refractivity contribution in [1.82, 2.24) is 0 Å².